The van der Waals surface area contributed by atoms with Gasteiger partial charge in [0.1, 0.15) is 0 Å². The molecule has 2 heteroatoms. The maximum absolute atomic E-state index is 6.00. The Balaban J connectivity index is 1.53. The van der Waals surface area contributed by atoms with Crippen LogP contribution in [0.3, 0.4) is 0 Å². The zero-order valence-electron chi connectivity index (χ0n) is 12.3. The van der Waals surface area contributed by atoms with Crippen molar-refractivity contribution in [3.63, 3.8) is 0 Å². The molecular weight excluding hydrogens is 222 g/mol. The molecule has 0 bridgehead atoms. The molecule has 2 atom stereocenters. The van der Waals surface area contributed by atoms with Gasteiger partial charge in [0.2, 0.25) is 0 Å². The summed E-state index contributed by atoms with van der Waals surface area (Å²) in [5, 5.41) is 3.69. The normalized spacial score (nSPS) is 37.7. The number of ether oxygens (including phenoxy) is 1. The highest BCUT2D eigenvalue weighted by Gasteiger charge is 2.21. The molecule has 0 aromatic carbocycles. The summed E-state index contributed by atoms with van der Waals surface area (Å²) in [6.07, 6.45) is 11.4. The standard InChI is InChI=1S/C16H31NO/c1-13-7-9-15(10-8-13)18-12-11-17-16-6-4-3-5-14(16)2/h13-17H,3-12H2,1-2H3. The van der Waals surface area contributed by atoms with Crippen LogP contribution in [-0.4, -0.2) is 25.3 Å². The van der Waals surface area contributed by atoms with E-state index in [2.05, 4.69) is 19.2 Å². The zero-order chi connectivity index (χ0) is 12.8. The minimum atomic E-state index is 0.548. The summed E-state index contributed by atoms with van der Waals surface area (Å²) < 4.78 is 6.00. The summed E-state index contributed by atoms with van der Waals surface area (Å²) in [4.78, 5) is 0. The van der Waals surface area contributed by atoms with E-state index < -0.39 is 0 Å². The van der Waals surface area contributed by atoms with Gasteiger partial charge in [0.15, 0.2) is 0 Å². The first-order valence-corrected chi connectivity index (χ1v) is 8.10. The molecule has 0 spiro atoms. The largest absolute Gasteiger partial charge is 0.377 e. The Morgan fingerprint density at radius 3 is 2.39 bits per heavy atom. The Morgan fingerprint density at radius 2 is 1.67 bits per heavy atom. The molecule has 0 amide bonds. The summed E-state index contributed by atoms with van der Waals surface area (Å²) in [6.45, 7) is 6.70. The molecule has 2 nitrogen and oxygen atoms in total. The summed E-state index contributed by atoms with van der Waals surface area (Å²) in [7, 11) is 0. The lowest BCUT2D eigenvalue weighted by Crippen LogP contribution is -2.39. The number of hydrogen-bond donors (Lipinski definition) is 1. The second kappa shape index (κ2) is 7.49. The molecular formula is C16H31NO. The van der Waals surface area contributed by atoms with Gasteiger partial charge < -0.3 is 10.1 Å². The monoisotopic (exact) mass is 253 g/mol. The van der Waals surface area contributed by atoms with Gasteiger partial charge in [0.25, 0.3) is 0 Å². The molecule has 18 heavy (non-hydrogen) atoms. The fourth-order valence-corrected chi connectivity index (χ4v) is 3.49. The van der Waals surface area contributed by atoms with Crippen molar-refractivity contribution in [1.29, 1.82) is 0 Å². The van der Waals surface area contributed by atoms with E-state index >= 15 is 0 Å². The third-order valence-corrected chi connectivity index (χ3v) is 4.94. The average molecular weight is 253 g/mol. The van der Waals surface area contributed by atoms with Crippen molar-refractivity contribution >= 4 is 0 Å². The van der Waals surface area contributed by atoms with Crippen molar-refractivity contribution in [3.8, 4) is 0 Å². The van der Waals surface area contributed by atoms with Crippen LogP contribution in [0.25, 0.3) is 0 Å². The number of rotatable bonds is 5. The lowest BCUT2D eigenvalue weighted by Gasteiger charge is -2.30. The van der Waals surface area contributed by atoms with E-state index in [1.807, 2.05) is 0 Å². The van der Waals surface area contributed by atoms with Gasteiger partial charge in [-0.2, -0.15) is 0 Å². The van der Waals surface area contributed by atoms with Gasteiger partial charge in [-0.15, -0.1) is 0 Å². The Hall–Kier alpha value is -0.0800. The average Bonchev–Trinajstić information content (AvgIpc) is 2.39. The van der Waals surface area contributed by atoms with Gasteiger partial charge in [-0.25, -0.2) is 0 Å². The first kappa shape index (κ1) is 14.3. The SMILES string of the molecule is CC1CCC(OCCNC2CCCCC2C)CC1. The van der Waals surface area contributed by atoms with Gasteiger partial charge in [-0.05, 0) is 50.4 Å². The molecule has 2 fully saturated rings. The van der Waals surface area contributed by atoms with Crippen molar-refractivity contribution in [3.05, 3.63) is 0 Å². The van der Waals surface area contributed by atoms with Crippen molar-refractivity contribution < 1.29 is 4.74 Å². The van der Waals surface area contributed by atoms with E-state index in [-0.39, 0.29) is 0 Å². The van der Waals surface area contributed by atoms with Crippen molar-refractivity contribution in [1.82, 2.24) is 5.32 Å². The Bertz CT molecular complexity index is 223. The predicted octanol–water partition coefficient (Wildman–Crippen LogP) is 3.75. The lowest BCUT2D eigenvalue weighted by molar-refractivity contribution is 0.0197. The van der Waals surface area contributed by atoms with Crippen LogP contribution in [0.1, 0.15) is 65.2 Å². The molecule has 1 N–H and O–H groups in total. The fraction of sp³-hybridized carbons (Fsp3) is 1.00. The topological polar surface area (TPSA) is 21.3 Å². The Morgan fingerprint density at radius 1 is 0.944 bits per heavy atom. The number of hydrogen-bond acceptors (Lipinski definition) is 2. The first-order valence-electron chi connectivity index (χ1n) is 8.10. The highest BCUT2D eigenvalue weighted by atomic mass is 16.5. The molecule has 2 aliphatic rings. The van der Waals surface area contributed by atoms with E-state index in [0.717, 1.165) is 31.0 Å². The molecule has 2 saturated carbocycles. The molecule has 0 aliphatic heterocycles. The molecule has 0 saturated heterocycles. The van der Waals surface area contributed by atoms with Crippen LogP contribution in [0.4, 0.5) is 0 Å². The second-order valence-electron chi connectivity index (χ2n) is 6.58. The van der Waals surface area contributed by atoms with E-state index in [4.69, 9.17) is 4.74 Å². The van der Waals surface area contributed by atoms with Crippen LogP contribution in [0, 0.1) is 11.8 Å². The van der Waals surface area contributed by atoms with Gasteiger partial charge in [0.05, 0.1) is 12.7 Å². The van der Waals surface area contributed by atoms with E-state index in [1.54, 1.807) is 0 Å². The van der Waals surface area contributed by atoms with E-state index in [0.29, 0.717) is 6.10 Å². The van der Waals surface area contributed by atoms with Gasteiger partial charge >= 0.3 is 0 Å². The summed E-state index contributed by atoms with van der Waals surface area (Å²) in [5.74, 6) is 1.78. The maximum Gasteiger partial charge on any atom is 0.0594 e. The van der Waals surface area contributed by atoms with Crippen LogP contribution in [0.5, 0.6) is 0 Å². The summed E-state index contributed by atoms with van der Waals surface area (Å²) >= 11 is 0. The minimum absolute atomic E-state index is 0.548. The third-order valence-electron chi connectivity index (χ3n) is 4.94. The van der Waals surface area contributed by atoms with Gasteiger partial charge in [0, 0.05) is 12.6 Å². The van der Waals surface area contributed by atoms with Crippen LogP contribution in [0.2, 0.25) is 0 Å². The maximum atomic E-state index is 6.00. The molecule has 0 aromatic heterocycles. The first-order chi connectivity index (χ1) is 8.75. The molecule has 2 rings (SSSR count). The molecule has 2 aliphatic carbocycles. The number of nitrogens with one attached hydrogen (secondary N) is 1. The van der Waals surface area contributed by atoms with Crippen molar-refractivity contribution in [2.45, 2.75) is 77.4 Å². The quantitative estimate of drug-likeness (QED) is 0.753. The summed E-state index contributed by atoms with van der Waals surface area (Å²) in [5.41, 5.74) is 0. The van der Waals surface area contributed by atoms with E-state index in [9.17, 15) is 0 Å². The Labute approximate surface area is 113 Å². The molecule has 106 valence electrons. The smallest absolute Gasteiger partial charge is 0.0594 e. The molecule has 0 aromatic rings. The van der Waals surface area contributed by atoms with E-state index in [1.165, 1.54) is 51.4 Å². The third kappa shape index (κ3) is 4.55. The highest BCUT2D eigenvalue weighted by Crippen LogP contribution is 2.25. The molecule has 0 heterocycles. The van der Waals surface area contributed by atoms with Gasteiger partial charge in [-0.1, -0.05) is 26.7 Å². The Kier molecular flexibility index (Phi) is 5.97. The van der Waals surface area contributed by atoms with Gasteiger partial charge in [-0.3, -0.25) is 0 Å². The molecule has 2 unspecified atom stereocenters. The molecule has 0 radical (unpaired) electrons. The summed E-state index contributed by atoms with van der Waals surface area (Å²) in [6, 6.07) is 0.744. The predicted molar refractivity (Wildman–Crippen MR) is 76.8 cm³/mol. The van der Waals surface area contributed by atoms with Crippen molar-refractivity contribution in [2.24, 2.45) is 11.8 Å². The van der Waals surface area contributed by atoms with Crippen LogP contribution < -0.4 is 5.32 Å². The van der Waals surface area contributed by atoms with Crippen LogP contribution in [0.15, 0.2) is 0 Å². The van der Waals surface area contributed by atoms with Crippen molar-refractivity contribution in [2.75, 3.05) is 13.2 Å². The van der Waals surface area contributed by atoms with Crippen LogP contribution >= 0.6 is 0 Å². The lowest BCUT2D eigenvalue weighted by atomic mass is 9.86. The van der Waals surface area contributed by atoms with Crippen LogP contribution in [-0.2, 0) is 4.74 Å². The highest BCUT2D eigenvalue weighted by molar-refractivity contribution is 4.78. The zero-order valence-corrected chi connectivity index (χ0v) is 12.3. The second-order valence-corrected chi connectivity index (χ2v) is 6.58. The fourth-order valence-electron chi connectivity index (χ4n) is 3.49. The minimum Gasteiger partial charge on any atom is -0.377 e.